The summed E-state index contributed by atoms with van der Waals surface area (Å²) in [7, 11) is 0. The molecule has 0 unspecified atom stereocenters. The summed E-state index contributed by atoms with van der Waals surface area (Å²) in [6.07, 6.45) is 10.9. The summed E-state index contributed by atoms with van der Waals surface area (Å²) >= 11 is -1.25. The van der Waals surface area contributed by atoms with E-state index in [1.165, 1.54) is 34.6 Å². The molecule has 1 radical (unpaired) electrons. The van der Waals surface area contributed by atoms with E-state index >= 15 is 0 Å². The fourth-order valence-corrected chi connectivity index (χ4v) is 7.04. The van der Waals surface area contributed by atoms with Crippen LogP contribution in [0.5, 0.6) is 0 Å². The molecule has 0 aromatic carbocycles. The molecule has 0 spiro atoms. The van der Waals surface area contributed by atoms with Gasteiger partial charge in [-0.25, -0.2) is 0 Å². The first-order valence-corrected chi connectivity index (χ1v) is 10.1. The van der Waals surface area contributed by atoms with Crippen molar-refractivity contribution >= 4 is 19.8 Å². The van der Waals surface area contributed by atoms with Crippen LogP contribution in [0.4, 0.5) is 0 Å². The van der Waals surface area contributed by atoms with Gasteiger partial charge in [0.15, 0.2) is 0 Å². The van der Waals surface area contributed by atoms with E-state index < -0.39 is 19.8 Å². The molecule has 0 rings (SSSR count). The van der Waals surface area contributed by atoms with Crippen LogP contribution in [0.15, 0.2) is 0 Å². The molecule has 0 aliphatic heterocycles. The molecule has 0 bridgehead atoms. The molecule has 0 fully saturated rings. The fraction of sp³-hybridized carbons (Fsp3) is 0.800. The standard InChI is InChI=1S/2C4H9.C2H.Sn/c2*1-3-4-2;1-2;/h2*1,3-4H2,2H3;1H;. The molecular formula is C10H19Sn. The molecule has 0 nitrogen and oxygen atoms in total. The normalized spacial score (nSPS) is 10.0. The van der Waals surface area contributed by atoms with Crippen LogP contribution < -0.4 is 0 Å². The first-order chi connectivity index (χ1) is 5.35. The van der Waals surface area contributed by atoms with E-state index in [1.807, 2.05) is 0 Å². The van der Waals surface area contributed by atoms with Gasteiger partial charge in [0.2, 0.25) is 0 Å². The maximum atomic E-state index is 5.49. The first-order valence-electron chi connectivity index (χ1n) is 4.66. The zero-order valence-electron chi connectivity index (χ0n) is 7.82. The molecule has 11 heavy (non-hydrogen) atoms. The number of hydrogen-bond donors (Lipinski definition) is 0. The molecule has 0 saturated heterocycles. The van der Waals surface area contributed by atoms with Crippen LogP contribution in [-0.4, -0.2) is 19.8 Å². The third-order valence-electron chi connectivity index (χ3n) is 1.87. The first kappa shape index (κ1) is 11.4. The van der Waals surface area contributed by atoms with Gasteiger partial charge in [-0.05, 0) is 0 Å². The summed E-state index contributed by atoms with van der Waals surface area (Å²) in [5.74, 6) is 0. The second-order valence-electron chi connectivity index (χ2n) is 2.95. The van der Waals surface area contributed by atoms with E-state index in [1.54, 1.807) is 0 Å². The second kappa shape index (κ2) is 8.46. The summed E-state index contributed by atoms with van der Waals surface area (Å²) in [6.45, 7) is 4.49. The Balaban J connectivity index is 3.35. The quantitative estimate of drug-likeness (QED) is 0.506. The molecule has 0 aliphatic carbocycles. The number of hydrogen-bond acceptors (Lipinski definition) is 0. The van der Waals surface area contributed by atoms with Crippen molar-refractivity contribution in [2.75, 3.05) is 0 Å². The zero-order chi connectivity index (χ0) is 8.53. The molecule has 0 aromatic heterocycles. The predicted molar refractivity (Wildman–Crippen MR) is 54.0 cm³/mol. The van der Waals surface area contributed by atoms with Crippen molar-refractivity contribution in [1.82, 2.24) is 0 Å². The number of terminal acetylenes is 1. The van der Waals surface area contributed by atoms with Crippen LogP contribution in [0.3, 0.4) is 0 Å². The second-order valence-corrected chi connectivity index (χ2v) is 10.1. The van der Waals surface area contributed by atoms with E-state index in [0.717, 1.165) is 0 Å². The van der Waals surface area contributed by atoms with Gasteiger partial charge in [-0.15, -0.1) is 0 Å². The Morgan fingerprint density at radius 2 is 1.55 bits per heavy atom. The predicted octanol–water partition coefficient (Wildman–Crippen LogP) is 3.25. The molecule has 0 aliphatic rings. The van der Waals surface area contributed by atoms with Gasteiger partial charge in [-0.2, -0.15) is 0 Å². The Kier molecular flexibility index (Phi) is 8.73. The molecule has 0 atom stereocenters. The van der Waals surface area contributed by atoms with Gasteiger partial charge < -0.3 is 0 Å². The van der Waals surface area contributed by atoms with Gasteiger partial charge in [-0.1, -0.05) is 0 Å². The van der Waals surface area contributed by atoms with Crippen molar-refractivity contribution in [2.24, 2.45) is 0 Å². The van der Waals surface area contributed by atoms with Crippen LogP contribution in [0.2, 0.25) is 8.87 Å². The third-order valence-corrected chi connectivity index (χ3v) is 8.50. The van der Waals surface area contributed by atoms with Crippen LogP contribution in [0.25, 0.3) is 0 Å². The topological polar surface area (TPSA) is 0 Å². The van der Waals surface area contributed by atoms with Gasteiger partial charge in [0.05, 0.1) is 0 Å². The fourth-order valence-electron chi connectivity index (χ4n) is 1.05. The monoisotopic (exact) mass is 259 g/mol. The molecular weight excluding hydrogens is 239 g/mol. The molecule has 0 N–H and O–H groups in total. The molecule has 0 saturated carbocycles. The molecule has 0 amide bonds. The Morgan fingerprint density at radius 1 is 1.09 bits per heavy atom. The molecule has 0 aromatic rings. The summed E-state index contributed by atoms with van der Waals surface area (Å²) < 4.78 is 5.92. The Bertz CT molecular complexity index is 105. The van der Waals surface area contributed by atoms with E-state index in [9.17, 15) is 0 Å². The van der Waals surface area contributed by atoms with E-state index in [0.29, 0.717) is 0 Å². The zero-order valence-corrected chi connectivity index (χ0v) is 10.7. The Labute approximate surface area is 78.5 Å². The van der Waals surface area contributed by atoms with Crippen LogP contribution in [-0.2, 0) is 0 Å². The molecule has 63 valence electrons. The average Bonchev–Trinajstić information content (AvgIpc) is 2.05. The number of rotatable bonds is 6. The van der Waals surface area contributed by atoms with Crippen molar-refractivity contribution in [3.63, 3.8) is 0 Å². The summed E-state index contributed by atoms with van der Waals surface area (Å²) in [4.78, 5) is 0. The van der Waals surface area contributed by atoms with Crippen molar-refractivity contribution in [1.29, 1.82) is 0 Å². The van der Waals surface area contributed by atoms with Crippen molar-refractivity contribution in [3.05, 3.63) is 0 Å². The SMILES string of the molecule is C#[C][Sn]([CH2]CCC)[CH2]CCC. The van der Waals surface area contributed by atoms with Crippen LogP contribution in [0.1, 0.15) is 39.5 Å². The molecule has 0 heterocycles. The van der Waals surface area contributed by atoms with E-state index in [2.05, 4.69) is 17.8 Å². The van der Waals surface area contributed by atoms with Gasteiger partial charge >= 0.3 is 78.5 Å². The Hall–Kier alpha value is 0.359. The number of unbranched alkanes of at least 4 members (excludes halogenated alkanes) is 2. The van der Waals surface area contributed by atoms with E-state index in [-0.39, 0.29) is 0 Å². The summed E-state index contributed by atoms with van der Waals surface area (Å²) in [5.41, 5.74) is 0. The third kappa shape index (κ3) is 6.74. The van der Waals surface area contributed by atoms with E-state index in [4.69, 9.17) is 6.42 Å². The summed E-state index contributed by atoms with van der Waals surface area (Å²) in [5, 5.41) is 0. The van der Waals surface area contributed by atoms with Gasteiger partial charge in [0.1, 0.15) is 0 Å². The van der Waals surface area contributed by atoms with Crippen LogP contribution in [0, 0.1) is 10.4 Å². The average molecular weight is 258 g/mol. The van der Waals surface area contributed by atoms with Crippen molar-refractivity contribution < 1.29 is 0 Å². The van der Waals surface area contributed by atoms with Gasteiger partial charge in [0, 0.05) is 0 Å². The van der Waals surface area contributed by atoms with Crippen LogP contribution >= 0.6 is 0 Å². The minimum absolute atomic E-state index is 1.25. The molecule has 1 heteroatoms. The van der Waals surface area contributed by atoms with Gasteiger partial charge in [-0.3, -0.25) is 0 Å². The van der Waals surface area contributed by atoms with Crippen molar-refractivity contribution in [2.45, 2.75) is 48.4 Å². The van der Waals surface area contributed by atoms with Crippen molar-refractivity contribution in [3.8, 4) is 10.4 Å². The van der Waals surface area contributed by atoms with Gasteiger partial charge in [0.25, 0.3) is 0 Å². The Morgan fingerprint density at radius 3 is 1.82 bits per heavy atom. The maximum absolute atomic E-state index is 5.49. The summed E-state index contributed by atoms with van der Waals surface area (Å²) in [6, 6.07) is 0. The minimum atomic E-state index is -1.25.